The molecule has 0 unspecified atom stereocenters. The number of nitrogens with two attached hydrogens (primary N) is 1. The molecular formula is C13H11NO2. The van der Waals surface area contributed by atoms with Crippen LogP contribution < -0.4 is 5.73 Å². The lowest BCUT2D eigenvalue weighted by atomic mass is 10.0. The van der Waals surface area contributed by atoms with E-state index in [2.05, 4.69) is 0 Å². The third-order valence-corrected chi connectivity index (χ3v) is 2.38. The van der Waals surface area contributed by atoms with Gasteiger partial charge in [0, 0.05) is 0 Å². The van der Waals surface area contributed by atoms with Crippen molar-refractivity contribution in [3.63, 3.8) is 0 Å². The molecule has 0 aliphatic carbocycles. The van der Waals surface area contributed by atoms with Crippen molar-refractivity contribution in [3.8, 4) is 0 Å². The quantitative estimate of drug-likeness (QED) is 0.752. The molecule has 16 heavy (non-hydrogen) atoms. The zero-order valence-electron chi connectivity index (χ0n) is 8.55. The van der Waals surface area contributed by atoms with E-state index in [1.807, 2.05) is 42.5 Å². The highest BCUT2D eigenvalue weighted by Gasteiger charge is 2.03. The van der Waals surface area contributed by atoms with Crippen molar-refractivity contribution in [2.45, 2.75) is 0 Å². The maximum atomic E-state index is 10.6. The predicted molar refractivity (Wildman–Crippen MR) is 63.7 cm³/mol. The van der Waals surface area contributed by atoms with Gasteiger partial charge in [-0.3, -0.25) is 0 Å². The third kappa shape index (κ3) is 1.88. The first-order valence-electron chi connectivity index (χ1n) is 4.87. The maximum absolute atomic E-state index is 10.6. The van der Waals surface area contributed by atoms with Gasteiger partial charge >= 0.3 is 5.97 Å². The van der Waals surface area contributed by atoms with Crippen LogP contribution in [0, 0.1) is 0 Å². The smallest absolute Gasteiger partial charge is 0.351 e. The minimum absolute atomic E-state index is 0.156. The first kappa shape index (κ1) is 10.2. The average molecular weight is 213 g/mol. The van der Waals surface area contributed by atoms with Gasteiger partial charge in [0.15, 0.2) is 0 Å². The number of rotatable bonds is 2. The lowest BCUT2D eigenvalue weighted by molar-refractivity contribution is -0.132. The van der Waals surface area contributed by atoms with Crippen LogP contribution >= 0.6 is 0 Å². The molecule has 0 amide bonds. The number of fused-ring (bicyclic) bond motifs is 1. The van der Waals surface area contributed by atoms with Gasteiger partial charge in [0.1, 0.15) is 5.70 Å². The summed E-state index contributed by atoms with van der Waals surface area (Å²) < 4.78 is 0. The van der Waals surface area contributed by atoms with Crippen LogP contribution in [0.2, 0.25) is 0 Å². The van der Waals surface area contributed by atoms with E-state index >= 15 is 0 Å². The van der Waals surface area contributed by atoms with Gasteiger partial charge in [-0.15, -0.1) is 0 Å². The van der Waals surface area contributed by atoms with Gasteiger partial charge in [-0.2, -0.15) is 0 Å². The van der Waals surface area contributed by atoms with Crippen molar-refractivity contribution in [1.82, 2.24) is 0 Å². The van der Waals surface area contributed by atoms with Gasteiger partial charge in [0.25, 0.3) is 0 Å². The summed E-state index contributed by atoms with van der Waals surface area (Å²) in [6.07, 6.45) is 1.48. The van der Waals surface area contributed by atoms with Crippen LogP contribution in [0.4, 0.5) is 0 Å². The molecule has 0 bridgehead atoms. The molecule has 3 nitrogen and oxygen atoms in total. The van der Waals surface area contributed by atoms with Crippen molar-refractivity contribution in [1.29, 1.82) is 0 Å². The molecule has 2 aromatic rings. The number of hydrogen-bond acceptors (Lipinski definition) is 2. The maximum Gasteiger partial charge on any atom is 0.351 e. The largest absolute Gasteiger partial charge is 0.477 e. The minimum atomic E-state index is -1.10. The highest BCUT2D eigenvalue weighted by molar-refractivity contribution is 5.96. The summed E-state index contributed by atoms with van der Waals surface area (Å²) in [5.41, 5.74) is 6.06. The van der Waals surface area contributed by atoms with Crippen molar-refractivity contribution in [2.75, 3.05) is 0 Å². The molecule has 0 atom stereocenters. The molecule has 2 aromatic carbocycles. The summed E-state index contributed by atoms with van der Waals surface area (Å²) in [6.45, 7) is 0. The van der Waals surface area contributed by atoms with E-state index in [9.17, 15) is 4.79 Å². The molecule has 0 spiro atoms. The Bertz CT molecular complexity index is 568. The Balaban J connectivity index is 2.61. The van der Waals surface area contributed by atoms with E-state index in [0.717, 1.165) is 16.3 Å². The zero-order valence-corrected chi connectivity index (χ0v) is 8.55. The summed E-state index contributed by atoms with van der Waals surface area (Å²) in [5.74, 6) is -1.10. The molecule has 0 aromatic heterocycles. The molecular weight excluding hydrogens is 202 g/mol. The second kappa shape index (κ2) is 4.06. The number of carbonyl (C=O) groups is 1. The predicted octanol–water partition coefficient (Wildman–Crippen LogP) is 2.22. The number of aliphatic carboxylic acids is 1. The summed E-state index contributed by atoms with van der Waals surface area (Å²) in [5, 5.41) is 10.8. The average Bonchev–Trinajstić information content (AvgIpc) is 2.29. The van der Waals surface area contributed by atoms with E-state index in [1.165, 1.54) is 6.08 Å². The monoisotopic (exact) mass is 213 g/mol. The SMILES string of the molecule is N/C(=C/c1cccc2ccccc12)C(=O)O. The van der Waals surface area contributed by atoms with E-state index < -0.39 is 5.97 Å². The first-order chi connectivity index (χ1) is 7.68. The van der Waals surface area contributed by atoms with Gasteiger partial charge in [-0.05, 0) is 22.4 Å². The second-order valence-electron chi connectivity index (χ2n) is 3.47. The van der Waals surface area contributed by atoms with Crippen molar-refractivity contribution >= 4 is 22.8 Å². The standard InChI is InChI=1S/C13H11NO2/c14-12(13(15)16)8-10-6-3-5-9-4-1-2-7-11(9)10/h1-8H,14H2,(H,15,16)/b12-8+. The Morgan fingerprint density at radius 1 is 1.12 bits per heavy atom. The fraction of sp³-hybridized carbons (Fsp3) is 0. The lowest BCUT2D eigenvalue weighted by Crippen LogP contribution is -2.09. The number of carboxylic acids is 1. The zero-order chi connectivity index (χ0) is 11.5. The van der Waals surface area contributed by atoms with Crippen molar-refractivity contribution < 1.29 is 9.90 Å². The van der Waals surface area contributed by atoms with Gasteiger partial charge < -0.3 is 10.8 Å². The van der Waals surface area contributed by atoms with Gasteiger partial charge in [0.05, 0.1) is 0 Å². The van der Waals surface area contributed by atoms with Gasteiger partial charge in [0.2, 0.25) is 0 Å². The summed E-state index contributed by atoms with van der Waals surface area (Å²) >= 11 is 0. The Hall–Kier alpha value is -2.29. The molecule has 80 valence electrons. The van der Waals surface area contributed by atoms with Crippen LogP contribution in [0.3, 0.4) is 0 Å². The Kier molecular flexibility index (Phi) is 2.60. The third-order valence-electron chi connectivity index (χ3n) is 2.38. The Labute approximate surface area is 92.8 Å². The molecule has 0 fully saturated rings. The van der Waals surface area contributed by atoms with Crippen LogP contribution in [0.15, 0.2) is 48.2 Å². The van der Waals surface area contributed by atoms with Crippen LogP contribution in [-0.2, 0) is 4.79 Å². The summed E-state index contributed by atoms with van der Waals surface area (Å²) in [7, 11) is 0. The number of hydrogen-bond donors (Lipinski definition) is 2. The molecule has 0 saturated carbocycles. The van der Waals surface area contributed by atoms with E-state index in [-0.39, 0.29) is 5.70 Å². The van der Waals surface area contributed by atoms with E-state index in [4.69, 9.17) is 10.8 Å². The van der Waals surface area contributed by atoms with Crippen molar-refractivity contribution in [2.24, 2.45) is 5.73 Å². The summed E-state index contributed by atoms with van der Waals surface area (Å²) in [6, 6.07) is 13.5. The topological polar surface area (TPSA) is 63.3 Å². The molecule has 0 aliphatic heterocycles. The molecule has 0 heterocycles. The van der Waals surface area contributed by atoms with Crippen molar-refractivity contribution in [3.05, 3.63) is 53.7 Å². The molecule has 0 aliphatic rings. The molecule has 0 radical (unpaired) electrons. The van der Waals surface area contributed by atoms with Gasteiger partial charge in [-0.1, -0.05) is 42.5 Å². The van der Waals surface area contributed by atoms with E-state index in [1.54, 1.807) is 0 Å². The van der Waals surface area contributed by atoms with Crippen LogP contribution in [0.5, 0.6) is 0 Å². The minimum Gasteiger partial charge on any atom is -0.477 e. The number of benzene rings is 2. The highest BCUT2D eigenvalue weighted by Crippen LogP contribution is 2.20. The number of carboxylic acid groups (broad SMARTS) is 1. The molecule has 3 heteroatoms. The lowest BCUT2D eigenvalue weighted by Gasteiger charge is -2.02. The Morgan fingerprint density at radius 2 is 1.81 bits per heavy atom. The second-order valence-corrected chi connectivity index (χ2v) is 3.47. The van der Waals surface area contributed by atoms with Crippen LogP contribution in [0.25, 0.3) is 16.8 Å². The first-order valence-corrected chi connectivity index (χ1v) is 4.87. The molecule has 2 rings (SSSR count). The van der Waals surface area contributed by atoms with Crippen LogP contribution in [0.1, 0.15) is 5.56 Å². The normalized spacial score (nSPS) is 11.6. The van der Waals surface area contributed by atoms with E-state index in [0.29, 0.717) is 0 Å². The molecule has 0 saturated heterocycles. The van der Waals surface area contributed by atoms with Gasteiger partial charge in [-0.25, -0.2) is 4.79 Å². The Morgan fingerprint density at radius 3 is 2.56 bits per heavy atom. The fourth-order valence-electron chi connectivity index (χ4n) is 1.61. The van der Waals surface area contributed by atoms with Crippen LogP contribution in [-0.4, -0.2) is 11.1 Å². The highest BCUT2D eigenvalue weighted by atomic mass is 16.4. The summed E-state index contributed by atoms with van der Waals surface area (Å²) in [4.78, 5) is 10.6. The fourth-order valence-corrected chi connectivity index (χ4v) is 1.61. The molecule has 3 N–H and O–H groups in total.